The van der Waals surface area contributed by atoms with Crippen LogP contribution in [0.3, 0.4) is 0 Å². The van der Waals surface area contributed by atoms with E-state index in [1.54, 1.807) is 0 Å². The predicted octanol–water partition coefficient (Wildman–Crippen LogP) is -2.88. The maximum absolute atomic E-state index is 12.0. The van der Waals surface area contributed by atoms with Gasteiger partial charge >= 0.3 is 5.69 Å². The van der Waals surface area contributed by atoms with E-state index in [9.17, 15) is 15.0 Å². The molecule has 1 aromatic rings. The van der Waals surface area contributed by atoms with E-state index in [-0.39, 0.29) is 18.4 Å². The van der Waals surface area contributed by atoms with Gasteiger partial charge in [-0.05, 0) is 12.5 Å². The van der Waals surface area contributed by atoms with Crippen molar-refractivity contribution in [2.24, 2.45) is 16.5 Å². The van der Waals surface area contributed by atoms with Crippen molar-refractivity contribution in [1.82, 2.24) is 9.55 Å². The van der Waals surface area contributed by atoms with Crippen LogP contribution in [0.5, 0.6) is 0 Å². The minimum Gasteiger partial charge on any atom is -0.394 e. The van der Waals surface area contributed by atoms with Gasteiger partial charge in [0.1, 0.15) is 24.1 Å². The van der Waals surface area contributed by atoms with Crippen molar-refractivity contribution in [2.45, 2.75) is 31.0 Å². The highest BCUT2D eigenvalue weighted by atomic mass is 16.6. The molecule has 8 N–H and O–H groups in total. The van der Waals surface area contributed by atoms with Crippen LogP contribution in [-0.2, 0) is 9.47 Å². The highest BCUT2D eigenvalue weighted by molar-refractivity contribution is 5.75. The highest BCUT2D eigenvalue weighted by Crippen LogP contribution is 2.30. The van der Waals surface area contributed by atoms with E-state index in [4.69, 9.17) is 26.7 Å². The van der Waals surface area contributed by atoms with Gasteiger partial charge in [0.05, 0.1) is 6.61 Å². The predicted molar refractivity (Wildman–Crippen MR) is 84.9 cm³/mol. The van der Waals surface area contributed by atoms with Crippen LogP contribution in [0.1, 0.15) is 12.6 Å². The van der Waals surface area contributed by atoms with Crippen LogP contribution < -0.4 is 22.9 Å². The van der Waals surface area contributed by atoms with Crippen LogP contribution in [0.25, 0.3) is 0 Å². The van der Waals surface area contributed by atoms with E-state index in [1.807, 2.05) is 0 Å². The van der Waals surface area contributed by atoms with E-state index >= 15 is 0 Å². The Morgan fingerprint density at radius 2 is 2.25 bits per heavy atom. The average molecular weight is 342 g/mol. The summed E-state index contributed by atoms with van der Waals surface area (Å²) in [5.41, 5.74) is 15.3. The van der Waals surface area contributed by atoms with Gasteiger partial charge in [0.25, 0.3) is 0 Å². The molecule has 2 rings (SSSR count). The highest BCUT2D eigenvalue weighted by Gasteiger charge is 2.45. The Morgan fingerprint density at radius 1 is 1.50 bits per heavy atom. The molecule has 24 heavy (non-hydrogen) atoms. The fourth-order valence-corrected chi connectivity index (χ4v) is 2.38. The normalized spacial score (nSPS) is 26.4. The van der Waals surface area contributed by atoms with Crippen LogP contribution in [0.2, 0.25) is 0 Å². The molecule has 4 atom stereocenters. The standard InChI is InChI=1S/C13H22N6O5/c14-8-2-4-19(13(22)18-8)11-10(9(21)7(6-20)24-11)23-5-1-3-17-12(15)16/h2,4,7,9-11,20-21H,1,3,5-6H2,(H2,14,18,22)(H4,15,16,17)/t7-,9-,10-,11-/m1/s1. The molecule has 0 spiro atoms. The lowest BCUT2D eigenvalue weighted by Crippen LogP contribution is -2.38. The van der Waals surface area contributed by atoms with Crippen LogP contribution in [0.4, 0.5) is 5.82 Å². The fraction of sp³-hybridized carbons (Fsp3) is 0.615. The topological polar surface area (TPSA) is 184 Å². The van der Waals surface area contributed by atoms with Gasteiger partial charge in [0.15, 0.2) is 12.2 Å². The first kappa shape index (κ1) is 18.1. The number of nitrogen functional groups attached to an aromatic ring is 1. The number of aliphatic hydroxyl groups is 2. The molecule has 0 aromatic carbocycles. The number of hydrogen-bond acceptors (Lipinski definition) is 8. The molecule has 0 bridgehead atoms. The SMILES string of the molecule is NC(N)=NCCCO[C@@H]1[C@H](O)[C@@H](CO)O[C@H]1n1ccc(N)nc1=O. The molecule has 0 unspecified atom stereocenters. The van der Waals surface area contributed by atoms with Crippen molar-refractivity contribution in [3.8, 4) is 0 Å². The van der Waals surface area contributed by atoms with E-state index in [0.717, 1.165) is 4.57 Å². The summed E-state index contributed by atoms with van der Waals surface area (Å²) in [5, 5.41) is 19.5. The molecule has 0 aliphatic carbocycles. The number of hydrogen-bond donors (Lipinski definition) is 5. The lowest BCUT2D eigenvalue weighted by molar-refractivity contribution is -0.0743. The molecular formula is C13H22N6O5. The van der Waals surface area contributed by atoms with E-state index < -0.39 is 36.8 Å². The second kappa shape index (κ2) is 8.06. The van der Waals surface area contributed by atoms with Crippen LogP contribution in [0.15, 0.2) is 22.1 Å². The fourth-order valence-electron chi connectivity index (χ4n) is 2.38. The maximum atomic E-state index is 12.0. The Kier molecular flexibility index (Phi) is 6.09. The summed E-state index contributed by atoms with van der Waals surface area (Å²) in [6, 6.07) is 1.43. The third-order valence-electron chi connectivity index (χ3n) is 3.53. The smallest absolute Gasteiger partial charge is 0.351 e. The first-order valence-corrected chi connectivity index (χ1v) is 7.40. The molecule has 2 heterocycles. The number of nitrogens with zero attached hydrogens (tertiary/aromatic N) is 3. The summed E-state index contributed by atoms with van der Waals surface area (Å²) in [6.07, 6.45) is -1.86. The number of aromatic nitrogens is 2. The number of guanidine groups is 1. The van der Waals surface area contributed by atoms with Gasteiger partial charge in [0.2, 0.25) is 0 Å². The van der Waals surface area contributed by atoms with Crippen LogP contribution in [-0.4, -0.2) is 63.8 Å². The summed E-state index contributed by atoms with van der Waals surface area (Å²) in [4.78, 5) is 19.4. The third-order valence-corrected chi connectivity index (χ3v) is 3.53. The van der Waals surface area contributed by atoms with Gasteiger partial charge in [-0.3, -0.25) is 9.56 Å². The van der Waals surface area contributed by atoms with Gasteiger partial charge in [-0.25, -0.2) is 4.79 Å². The second-order valence-corrected chi connectivity index (χ2v) is 5.28. The Balaban J connectivity index is 2.09. The first-order chi connectivity index (χ1) is 11.4. The van der Waals surface area contributed by atoms with Crippen molar-refractivity contribution >= 4 is 11.8 Å². The van der Waals surface area contributed by atoms with Gasteiger partial charge in [0, 0.05) is 19.3 Å². The van der Waals surface area contributed by atoms with Crippen molar-refractivity contribution in [2.75, 3.05) is 25.5 Å². The van der Waals surface area contributed by atoms with Gasteiger partial charge in [-0.15, -0.1) is 0 Å². The molecule has 1 fully saturated rings. The van der Waals surface area contributed by atoms with Crippen molar-refractivity contribution < 1.29 is 19.7 Å². The zero-order chi connectivity index (χ0) is 17.7. The summed E-state index contributed by atoms with van der Waals surface area (Å²) in [7, 11) is 0. The molecule has 1 aromatic heterocycles. The number of rotatable bonds is 7. The van der Waals surface area contributed by atoms with E-state index in [1.165, 1.54) is 12.3 Å². The Bertz CT molecular complexity index is 632. The number of nitrogens with two attached hydrogens (primary N) is 3. The average Bonchev–Trinajstić information content (AvgIpc) is 2.83. The van der Waals surface area contributed by atoms with E-state index in [0.29, 0.717) is 13.0 Å². The van der Waals surface area contributed by atoms with Crippen LogP contribution in [0, 0.1) is 0 Å². The molecular weight excluding hydrogens is 320 g/mol. The first-order valence-electron chi connectivity index (χ1n) is 7.40. The summed E-state index contributed by atoms with van der Waals surface area (Å²) in [5.74, 6) is 0.0557. The Morgan fingerprint density at radius 3 is 2.88 bits per heavy atom. The van der Waals surface area contributed by atoms with Crippen molar-refractivity contribution in [1.29, 1.82) is 0 Å². The molecule has 0 radical (unpaired) electrons. The number of aliphatic hydroxyl groups excluding tert-OH is 2. The maximum Gasteiger partial charge on any atom is 0.351 e. The lowest BCUT2D eigenvalue weighted by atomic mass is 10.1. The molecule has 0 saturated carbocycles. The molecule has 0 amide bonds. The molecule has 1 aliphatic rings. The van der Waals surface area contributed by atoms with E-state index in [2.05, 4.69) is 9.98 Å². The lowest BCUT2D eigenvalue weighted by Gasteiger charge is -2.22. The quantitative estimate of drug-likeness (QED) is 0.197. The summed E-state index contributed by atoms with van der Waals surface area (Å²) >= 11 is 0. The number of anilines is 1. The Labute approximate surface area is 137 Å². The van der Waals surface area contributed by atoms with Crippen LogP contribution >= 0.6 is 0 Å². The van der Waals surface area contributed by atoms with Crippen molar-refractivity contribution in [3.63, 3.8) is 0 Å². The molecule has 134 valence electrons. The minimum absolute atomic E-state index is 0.0167. The molecule has 1 aliphatic heterocycles. The molecule has 1 saturated heterocycles. The second-order valence-electron chi connectivity index (χ2n) is 5.28. The summed E-state index contributed by atoms with van der Waals surface area (Å²) in [6.45, 7) is 0.180. The number of ether oxygens (including phenoxy) is 2. The minimum atomic E-state index is -1.10. The van der Waals surface area contributed by atoms with Gasteiger partial charge in [-0.1, -0.05) is 0 Å². The summed E-state index contributed by atoms with van der Waals surface area (Å²) < 4.78 is 12.3. The number of aliphatic imine (C=N–C) groups is 1. The zero-order valence-corrected chi connectivity index (χ0v) is 13.0. The third kappa shape index (κ3) is 4.20. The van der Waals surface area contributed by atoms with Gasteiger partial charge < -0.3 is 36.9 Å². The van der Waals surface area contributed by atoms with Gasteiger partial charge in [-0.2, -0.15) is 4.98 Å². The largest absolute Gasteiger partial charge is 0.394 e. The zero-order valence-electron chi connectivity index (χ0n) is 13.0. The Hall–Kier alpha value is -2.21. The monoisotopic (exact) mass is 342 g/mol. The molecule has 11 nitrogen and oxygen atoms in total. The molecule has 11 heteroatoms. The van der Waals surface area contributed by atoms with Crippen molar-refractivity contribution in [3.05, 3.63) is 22.7 Å².